The number of rotatable bonds is 5. The summed E-state index contributed by atoms with van der Waals surface area (Å²) in [5.74, 6) is -0.105. The van der Waals surface area contributed by atoms with Crippen LogP contribution in [-0.4, -0.2) is 44.5 Å². The molecule has 0 bridgehead atoms. The van der Waals surface area contributed by atoms with Crippen LogP contribution in [0.2, 0.25) is 0 Å². The molecular formula is C12H19N5O5. The molecule has 22 heavy (non-hydrogen) atoms. The third-order valence-electron chi connectivity index (χ3n) is 2.35. The molecule has 10 heteroatoms. The van der Waals surface area contributed by atoms with Crippen LogP contribution in [0.5, 0.6) is 0 Å². The number of ether oxygens (including phenoxy) is 2. The number of amides is 2. The summed E-state index contributed by atoms with van der Waals surface area (Å²) >= 11 is 0. The lowest BCUT2D eigenvalue weighted by Crippen LogP contribution is -2.39. The van der Waals surface area contributed by atoms with Crippen molar-refractivity contribution >= 4 is 29.8 Å². The van der Waals surface area contributed by atoms with E-state index in [-0.39, 0.29) is 29.7 Å². The largest absolute Gasteiger partial charge is 0.754 e. The fraction of sp³-hybridized carbons (Fsp3) is 0.500. The molecule has 0 saturated carbocycles. The average molecular weight is 313 g/mol. The lowest BCUT2D eigenvalue weighted by Gasteiger charge is -2.17. The van der Waals surface area contributed by atoms with Gasteiger partial charge in [0.15, 0.2) is 5.82 Å². The molecule has 0 unspecified atom stereocenters. The van der Waals surface area contributed by atoms with Crippen LogP contribution in [0.1, 0.15) is 13.8 Å². The van der Waals surface area contributed by atoms with Crippen molar-refractivity contribution < 1.29 is 23.8 Å². The maximum Gasteiger partial charge on any atom is 0.460 e. The molecule has 0 aliphatic rings. The highest BCUT2D eigenvalue weighted by atomic mass is 16.6. The Kier molecular flexibility index (Phi) is 6.17. The van der Waals surface area contributed by atoms with Crippen LogP contribution in [0.15, 0.2) is 6.07 Å². The summed E-state index contributed by atoms with van der Waals surface area (Å²) in [5, 5.41) is 16.6. The second-order valence-electron chi connectivity index (χ2n) is 4.20. The highest BCUT2D eigenvalue weighted by molar-refractivity contribution is 5.84. The molecule has 0 saturated heterocycles. The molecule has 1 aromatic heterocycles. The molecule has 1 heterocycles. The van der Waals surface area contributed by atoms with Crippen LogP contribution in [-0.2, 0) is 9.47 Å². The van der Waals surface area contributed by atoms with Gasteiger partial charge >= 0.3 is 18.1 Å². The molecule has 1 rings (SSSR count). The highest BCUT2D eigenvalue weighted by Crippen LogP contribution is 2.15. The first-order valence-corrected chi connectivity index (χ1v) is 6.58. The minimum Gasteiger partial charge on any atom is -0.754 e. The van der Waals surface area contributed by atoms with Crippen LogP contribution in [0.3, 0.4) is 0 Å². The number of hydrogen-bond acceptors (Lipinski definition) is 7. The van der Waals surface area contributed by atoms with Crippen molar-refractivity contribution in [1.29, 1.82) is 0 Å². The average Bonchev–Trinajstić information content (AvgIpc) is 2.43. The number of carbonyl (C=O) groups excluding carboxylic acids is 2. The van der Waals surface area contributed by atoms with E-state index in [1.165, 1.54) is 6.07 Å². The summed E-state index contributed by atoms with van der Waals surface area (Å²) in [6.07, 6.45) is -1.61. The Morgan fingerprint density at radius 3 is 2.27 bits per heavy atom. The van der Waals surface area contributed by atoms with E-state index in [0.717, 1.165) is 0 Å². The lowest BCUT2D eigenvalue weighted by atomic mass is 10.5. The van der Waals surface area contributed by atoms with Gasteiger partial charge in [-0.05, 0) is 13.8 Å². The summed E-state index contributed by atoms with van der Waals surface area (Å²) < 4.78 is 9.67. The van der Waals surface area contributed by atoms with Crippen LogP contribution in [0, 0.1) is 5.21 Å². The van der Waals surface area contributed by atoms with E-state index in [4.69, 9.17) is 9.47 Å². The summed E-state index contributed by atoms with van der Waals surface area (Å²) in [6, 6.07) is 1.35. The van der Waals surface area contributed by atoms with Gasteiger partial charge in [-0.15, -0.1) is 0 Å². The molecule has 1 aromatic rings. The molecule has 10 nitrogen and oxygen atoms in total. The maximum atomic E-state index is 12.1. The van der Waals surface area contributed by atoms with Gasteiger partial charge in [0.05, 0.1) is 19.3 Å². The summed E-state index contributed by atoms with van der Waals surface area (Å²) in [7, 11) is 3.39. The molecule has 0 aliphatic heterocycles. The second kappa shape index (κ2) is 7.86. The number of aromatic nitrogens is 2. The monoisotopic (exact) mass is 313 g/mol. The molecule has 0 aliphatic carbocycles. The number of nitrogens with zero attached hydrogens (tertiary/aromatic N) is 3. The predicted octanol–water partition coefficient (Wildman–Crippen LogP) is 0.918. The van der Waals surface area contributed by atoms with Gasteiger partial charge in [-0.2, -0.15) is 5.32 Å². The molecule has 0 radical (unpaired) electrons. The van der Waals surface area contributed by atoms with Gasteiger partial charge in [-0.1, -0.05) is 4.98 Å². The van der Waals surface area contributed by atoms with Crippen molar-refractivity contribution in [3.05, 3.63) is 11.3 Å². The van der Waals surface area contributed by atoms with E-state index in [0.29, 0.717) is 5.82 Å². The Morgan fingerprint density at radius 1 is 1.23 bits per heavy atom. The molecule has 2 amide bonds. The summed E-state index contributed by atoms with van der Waals surface area (Å²) in [5.41, 5.74) is 0. The van der Waals surface area contributed by atoms with Gasteiger partial charge in [-0.25, -0.2) is 19.6 Å². The van der Waals surface area contributed by atoms with Crippen molar-refractivity contribution in [3.8, 4) is 0 Å². The molecular weight excluding hydrogens is 294 g/mol. The minimum absolute atomic E-state index is 0.135. The van der Waals surface area contributed by atoms with E-state index in [1.807, 2.05) is 0 Å². The van der Waals surface area contributed by atoms with Crippen molar-refractivity contribution in [2.45, 2.75) is 13.8 Å². The quantitative estimate of drug-likeness (QED) is 0.612. The molecule has 2 N–H and O–H groups in total. The first-order chi connectivity index (χ1) is 10.4. The summed E-state index contributed by atoms with van der Waals surface area (Å²) in [6.45, 7) is 3.56. The Hall–Kier alpha value is -2.78. The Bertz CT molecular complexity index is 508. The van der Waals surface area contributed by atoms with Crippen molar-refractivity contribution in [1.82, 2.24) is 4.98 Å². The maximum absolute atomic E-state index is 12.1. The summed E-state index contributed by atoms with van der Waals surface area (Å²) in [4.78, 5) is 28.5. The first-order valence-electron chi connectivity index (χ1n) is 6.58. The van der Waals surface area contributed by atoms with E-state index in [9.17, 15) is 14.8 Å². The molecule has 0 atom stereocenters. The van der Waals surface area contributed by atoms with Crippen LogP contribution in [0.25, 0.3) is 0 Å². The van der Waals surface area contributed by atoms with Crippen LogP contribution in [0.4, 0.5) is 27.2 Å². The van der Waals surface area contributed by atoms with E-state index >= 15 is 0 Å². The zero-order valence-corrected chi connectivity index (χ0v) is 12.9. The normalized spacial score (nSPS) is 9.82. The molecule has 122 valence electrons. The molecule has 0 spiro atoms. The Balaban J connectivity index is 3.12. The Morgan fingerprint density at radius 2 is 1.77 bits per heavy atom. The first kappa shape index (κ1) is 17.3. The standard InChI is InChI=1S/C12H19N5O5/c1-5-21-11(18)14-9-7-8(16(3)4)13-10(17(9)20)15-12(19)22-6-2/h7H,5-6H2,1-4H3,(H,14,18)(H,13,15,19). The van der Waals surface area contributed by atoms with Crippen LogP contribution >= 0.6 is 0 Å². The number of carbonyl (C=O) groups is 2. The van der Waals surface area contributed by atoms with E-state index in [2.05, 4.69) is 15.6 Å². The van der Waals surface area contributed by atoms with Gasteiger partial charge in [0.2, 0.25) is 5.82 Å². The fourth-order valence-corrected chi connectivity index (χ4v) is 1.41. The molecule has 0 aromatic carbocycles. The minimum atomic E-state index is -0.822. The van der Waals surface area contributed by atoms with E-state index < -0.39 is 12.2 Å². The predicted molar refractivity (Wildman–Crippen MR) is 78.8 cm³/mol. The number of nitrogens with one attached hydrogen (secondary N) is 2. The smallest absolute Gasteiger partial charge is 0.460 e. The second-order valence-corrected chi connectivity index (χ2v) is 4.20. The molecule has 0 fully saturated rings. The zero-order valence-electron chi connectivity index (χ0n) is 12.9. The third kappa shape index (κ3) is 4.65. The topological polar surface area (TPSA) is 120 Å². The highest BCUT2D eigenvalue weighted by Gasteiger charge is 2.20. The van der Waals surface area contributed by atoms with Gasteiger partial charge in [0.1, 0.15) is 0 Å². The third-order valence-corrected chi connectivity index (χ3v) is 2.35. The SMILES string of the molecule is CCOC(=O)Nc1cc(N(C)C)nc(NC(=O)OCC)[n+]1[O-]. The lowest BCUT2D eigenvalue weighted by molar-refractivity contribution is -0.577. The van der Waals surface area contributed by atoms with Crippen LogP contribution < -0.4 is 20.3 Å². The number of hydrogen-bond donors (Lipinski definition) is 2. The van der Waals surface area contributed by atoms with Gasteiger partial charge in [0.25, 0.3) is 0 Å². The van der Waals surface area contributed by atoms with Crippen molar-refractivity contribution in [2.24, 2.45) is 0 Å². The van der Waals surface area contributed by atoms with Gasteiger partial charge < -0.3 is 19.6 Å². The zero-order chi connectivity index (χ0) is 16.7. The Labute approximate surface area is 127 Å². The number of anilines is 3. The van der Waals surface area contributed by atoms with Crippen molar-refractivity contribution in [2.75, 3.05) is 42.8 Å². The van der Waals surface area contributed by atoms with Gasteiger partial charge in [0, 0.05) is 14.1 Å². The fourth-order valence-electron chi connectivity index (χ4n) is 1.41. The van der Waals surface area contributed by atoms with Gasteiger partial charge in [-0.3, -0.25) is 0 Å². The van der Waals surface area contributed by atoms with Crippen molar-refractivity contribution in [3.63, 3.8) is 0 Å². The van der Waals surface area contributed by atoms with E-state index in [1.54, 1.807) is 32.8 Å².